The average molecular weight is 328 g/mol. The fourth-order valence-corrected chi connectivity index (χ4v) is 3.46. The Morgan fingerprint density at radius 2 is 2.11 bits per heavy atom. The van der Waals surface area contributed by atoms with Gasteiger partial charge in [-0.25, -0.2) is 0 Å². The van der Waals surface area contributed by atoms with E-state index in [2.05, 4.69) is 20.9 Å². The molecule has 2 aromatic rings. The van der Waals surface area contributed by atoms with E-state index in [0.717, 1.165) is 28.2 Å². The molecule has 0 saturated heterocycles. The minimum absolute atomic E-state index is 0.451. The molecule has 0 radical (unpaired) electrons. The lowest BCUT2D eigenvalue weighted by molar-refractivity contribution is 0.100. The number of halogens is 2. The molecule has 3 rings (SSSR count). The molecule has 0 aliphatic heterocycles. The molecule has 0 bridgehead atoms. The summed E-state index contributed by atoms with van der Waals surface area (Å²) in [5.74, 6) is -0.451. The van der Waals surface area contributed by atoms with E-state index in [1.165, 1.54) is 24.1 Å². The first-order valence-electron chi connectivity index (χ1n) is 5.91. The number of aromatic amines is 1. The summed E-state index contributed by atoms with van der Waals surface area (Å²) in [4.78, 5) is 14.9. The van der Waals surface area contributed by atoms with E-state index in [1.54, 1.807) is 6.07 Å². The van der Waals surface area contributed by atoms with Crippen LogP contribution in [0.4, 0.5) is 0 Å². The molecule has 0 saturated carbocycles. The highest BCUT2D eigenvalue weighted by molar-refractivity contribution is 9.10. The van der Waals surface area contributed by atoms with Crippen molar-refractivity contribution in [1.29, 1.82) is 0 Å². The number of nitrogens with one attached hydrogen (secondary N) is 1. The van der Waals surface area contributed by atoms with Crippen molar-refractivity contribution in [3.63, 3.8) is 0 Å². The molecular formula is C13H12BrClN2O. The summed E-state index contributed by atoms with van der Waals surface area (Å²) in [6, 6.07) is 1.62. The predicted octanol–water partition coefficient (Wildman–Crippen LogP) is 3.56. The van der Waals surface area contributed by atoms with Gasteiger partial charge in [-0.1, -0.05) is 11.6 Å². The highest BCUT2D eigenvalue weighted by Crippen LogP contribution is 2.39. The standard InChI is InChI=1S/C13H12BrClN2O/c14-11-8(15)5-7(13(16)18)12-10(11)6-3-1-2-4-9(6)17-12/h5,17H,1-4H2,(H2,16,18). The third kappa shape index (κ3) is 1.67. The molecule has 1 aliphatic carbocycles. The molecule has 0 atom stereocenters. The SMILES string of the molecule is NC(=O)c1cc(Cl)c(Br)c2c3c([nH]c12)CCCC3. The predicted molar refractivity (Wildman–Crippen MR) is 76.2 cm³/mol. The number of amides is 1. The summed E-state index contributed by atoms with van der Waals surface area (Å²) in [7, 11) is 0. The first-order valence-corrected chi connectivity index (χ1v) is 7.08. The molecule has 18 heavy (non-hydrogen) atoms. The summed E-state index contributed by atoms with van der Waals surface area (Å²) < 4.78 is 0.851. The van der Waals surface area contributed by atoms with E-state index < -0.39 is 5.91 Å². The lowest BCUT2D eigenvalue weighted by Gasteiger charge is -2.11. The van der Waals surface area contributed by atoms with Crippen LogP contribution in [0, 0.1) is 0 Å². The van der Waals surface area contributed by atoms with Gasteiger partial charge in [0.15, 0.2) is 0 Å². The van der Waals surface area contributed by atoms with Crippen molar-refractivity contribution in [2.24, 2.45) is 5.73 Å². The molecule has 1 aliphatic rings. The van der Waals surface area contributed by atoms with Gasteiger partial charge in [0.1, 0.15) is 0 Å². The van der Waals surface area contributed by atoms with Crippen LogP contribution in [0.2, 0.25) is 5.02 Å². The number of rotatable bonds is 1. The molecule has 0 unspecified atom stereocenters. The van der Waals surface area contributed by atoms with Gasteiger partial charge in [0, 0.05) is 15.6 Å². The Morgan fingerprint density at radius 1 is 1.39 bits per heavy atom. The fourth-order valence-electron chi connectivity index (χ4n) is 2.70. The number of hydrogen-bond acceptors (Lipinski definition) is 1. The van der Waals surface area contributed by atoms with Gasteiger partial charge in [-0.2, -0.15) is 0 Å². The van der Waals surface area contributed by atoms with Crippen molar-refractivity contribution >= 4 is 44.3 Å². The number of primary amides is 1. The van der Waals surface area contributed by atoms with Gasteiger partial charge in [-0.05, 0) is 53.2 Å². The van der Waals surface area contributed by atoms with Crippen LogP contribution in [0.15, 0.2) is 10.5 Å². The molecule has 1 heterocycles. The topological polar surface area (TPSA) is 58.9 Å². The van der Waals surface area contributed by atoms with Gasteiger partial charge in [-0.15, -0.1) is 0 Å². The number of aryl methyl sites for hydroxylation is 2. The number of H-pyrrole nitrogens is 1. The zero-order valence-corrected chi connectivity index (χ0v) is 12.0. The molecular weight excluding hydrogens is 316 g/mol. The second kappa shape index (κ2) is 4.28. The molecule has 1 amide bonds. The molecule has 0 fully saturated rings. The van der Waals surface area contributed by atoms with Crippen LogP contribution in [-0.2, 0) is 12.8 Å². The zero-order valence-electron chi connectivity index (χ0n) is 9.65. The highest BCUT2D eigenvalue weighted by atomic mass is 79.9. The fraction of sp³-hybridized carbons (Fsp3) is 0.308. The Labute approximate surface area is 118 Å². The van der Waals surface area contributed by atoms with Crippen LogP contribution in [0.3, 0.4) is 0 Å². The van der Waals surface area contributed by atoms with Gasteiger partial charge >= 0.3 is 0 Å². The summed E-state index contributed by atoms with van der Waals surface area (Å²) in [5, 5.41) is 1.55. The van der Waals surface area contributed by atoms with Crippen molar-refractivity contribution in [2.45, 2.75) is 25.7 Å². The molecule has 3 nitrogen and oxygen atoms in total. The number of nitrogens with two attached hydrogens (primary N) is 1. The Bertz CT molecular complexity index is 663. The lowest BCUT2D eigenvalue weighted by atomic mass is 9.95. The quantitative estimate of drug-likeness (QED) is 0.826. The number of fused-ring (bicyclic) bond motifs is 3. The van der Waals surface area contributed by atoms with Gasteiger partial charge in [0.05, 0.1) is 16.1 Å². The molecule has 1 aromatic carbocycles. The first kappa shape index (κ1) is 12.1. The summed E-state index contributed by atoms with van der Waals surface area (Å²) >= 11 is 9.69. The largest absolute Gasteiger partial charge is 0.366 e. The van der Waals surface area contributed by atoms with E-state index in [4.69, 9.17) is 17.3 Å². The normalized spacial score (nSPS) is 14.8. The van der Waals surface area contributed by atoms with Crippen LogP contribution in [0.25, 0.3) is 10.9 Å². The van der Waals surface area contributed by atoms with Crippen molar-refractivity contribution in [3.8, 4) is 0 Å². The summed E-state index contributed by atoms with van der Waals surface area (Å²) in [6.45, 7) is 0. The molecule has 5 heteroatoms. The number of carbonyl (C=O) groups is 1. The monoisotopic (exact) mass is 326 g/mol. The Balaban J connectivity index is 2.43. The summed E-state index contributed by atoms with van der Waals surface area (Å²) in [6.07, 6.45) is 4.39. The number of aromatic nitrogens is 1. The highest BCUT2D eigenvalue weighted by Gasteiger charge is 2.22. The van der Waals surface area contributed by atoms with Crippen LogP contribution < -0.4 is 5.73 Å². The average Bonchev–Trinajstić information content (AvgIpc) is 2.72. The molecule has 0 spiro atoms. The minimum Gasteiger partial charge on any atom is -0.366 e. The number of benzene rings is 1. The van der Waals surface area contributed by atoms with E-state index in [-0.39, 0.29) is 0 Å². The van der Waals surface area contributed by atoms with Gasteiger partial charge in [-0.3, -0.25) is 4.79 Å². The maximum absolute atomic E-state index is 11.5. The second-order valence-electron chi connectivity index (χ2n) is 4.62. The second-order valence-corrected chi connectivity index (χ2v) is 5.82. The third-order valence-corrected chi connectivity index (χ3v) is 4.88. The van der Waals surface area contributed by atoms with Crippen molar-refractivity contribution in [2.75, 3.05) is 0 Å². The van der Waals surface area contributed by atoms with Crippen molar-refractivity contribution in [1.82, 2.24) is 4.98 Å². The van der Waals surface area contributed by atoms with Crippen molar-refractivity contribution < 1.29 is 4.79 Å². The maximum Gasteiger partial charge on any atom is 0.250 e. The smallest absolute Gasteiger partial charge is 0.250 e. The third-order valence-electron chi connectivity index (χ3n) is 3.53. The molecule has 94 valence electrons. The van der Waals surface area contributed by atoms with Crippen molar-refractivity contribution in [3.05, 3.63) is 32.4 Å². The number of hydrogen-bond donors (Lipinski definition) is 2. The van der Waals surface area contributed by atoms with E-state index in [1.807, 2.05) is 0 Å². The molecule has 1 aromatic heterocycles. The lowest BCUT2D eigenvalue weighted by Crippen LogP contribution is -2.11. The Kier molecular flexibility index (Phi) is 2.87. The van der Waals surface area contributed by atoms with Gasteiger partial charge in [0.2, 0.25) is 0 Å². The van der Waals surface area contributed by atoms with Crippen LogP contribution >= 0.6 is 27.5 Å². The van der Waals surface area contributed by atoms with Crippen LogP contribution in [0.1, 0.15) is 34.5 Å². The summed E-state index contributed by atoms with van der Waals surface area (Å²) in [5.41, 5.74) is 9.18. The molecule has 3 N–H and O–H groups in total. The van der Waals surface area contributed by atoms with E-state index >= 15 is 0 Å². The van der Waals surface area contributed by atoms with E-state index in [9.17, 15) is 4.79 Å². The van der Waals surface area contributed by atoms with Gasteiger partial charge < -0.3 is 10.7 Å². The Hall–Kier alpha value is -1.00. The van der Waals surface area contributed by atoms with E-state index in [0.29, 0.717) is 10.6 Å². The zero-order chi connectivity index (χ0) is 12.9. The maximum atomic E-state index is 11.5. The minimum atomic E-state index is -0.451. The Morgan fingerprint density at radius 3 is 2.83 bits per heavy atom. The van der Waals surface area contributed by atoms with Gasteiger partial charge in [0.25, 0.3) is 5.91 Å². The first-order chi connectivity index (χ1) is 8.59. The van der Waals surface area contributed by atoms with Crippen LogP contribution in [-0.4, -0.2) is 10.9 Å². The number of carbonyl (C=O) groups excluding carboxylic acids is 1. The van der Waals surface area contributed by atoms with Crippen LogP contribution in [0.5, 0.6) is 0 Å².